The van der Waals surface area contributed by atoms with Crippen LogP contribution in [0.25, 0.3) is 0 Å². The molecule has 0 aromatic rings. The third-order valence-electron chi connectivity index (χ3n) is 19.7. The summed E-state index contributed by atoms with van der Waals surface area (Å²) < 4.78 is 0. The van der Waals surface area contributed by atoms with Crippen LogP contribution in [0.4, 0.5) is 0 Å². The Hall–Kier alpha value is -10.4. The van der Waals surface area contributed by atoms with Crippen molar-refractivity contribution >= 4 is 118 Å². The van der Waals surface area contributed by atoms with Crippen molar-refractivity contribution in [2.24, 2.45) is 29.1 Å². The van der Waals surface area contributed by atoms with Crippen LogP contribution in [0.5, 0.6) is 0 Å². The van der Waals surface area contributed by atoms with Crippen molar-refractivity contribution < 1.29 is 157 Å². The van der Waals surface area contributed by atoms with Crippen molar-refractivity contribution in [2.75, 3.05) is 288 Å². The van der Waals surface area contributed by atoms with Crippen molar-refractivity contribution in [2.45, 2.75) is 53.4 Å². The number of hydrogen-bond donors (Lipinski definition) is 20. The number of aliphatic carboxylic acids is 12. The highest BCUT2D eigenvalue weighted by Crippen LogP contribution is 2.18. The topological polar surface area (TPSA) is 766 Å². The Morgan fingerprint density at radius 2 is 0.403 bits per heavy atom. The fourth-order valence-corrected chi connectivity index (χ4v) is 12.4. The molecule has 0 rings (SSSR count). The van der Waals surface area contributed by atoms with Gasteiger partial charge in [-0.25, -0.2) is 0 Å². The Kier molecular flexibility index (Phi) is 63.9. The maximum Gasteiger partial charge on any atom is 0.317 e. The summed E-state index contributed by atoms with van der Waals surface area (Å²) in [5, 5.41) is 153. The number of carboxylic acid groups (broad SMARTS) is 12. The minimum atomic E-state index is -1.76. The molecule has 0 aromatic heterocycles. The van der Waals surface area contributed by atoms with Crippen LogP contribution in [0.1, 0.15) is 53.4 Å². The molecule has 4 amide bonds. The third kappa shape index (κ3) is 66.6. The number of carbonyl (C=O) groups is 20. The fourth-order valence-electron chi connectivity index (χ4n) is 12.4. The average Bonchev–Trinajstić information content (AvgIpc) is 0.843. The molecule has 5 atom stereocenters. The van der Waals surface area contributed by atoms with Crippen LogP contribution < -0.4 is 84.2 Å². The highest BCUT2D eigenvalue weighted by molar-refractivity contribution is 5.91. The second kappa shape index (κ2) is 69.5. The second-order valence-electron chi connectivity index (χ2n) is 31.2. The molecule has 0 aliphatic carbocycles. The van der Waals surface area contributed by atoms with E-state index in [0.29, 0.717) is 0 Å². The quantitative estimate of drug-likeness (QED) is 0.0251. The number of hydrogen-bond acceptors (Lipinski definition) is 40. The SMILES string of the molecule is CC(CC(=O)NCC(CNC(=O)CC(C)C(=O)CNCCN(CCN(CCNCC(=O)O)CC(=O)O)CC(=O)O)(CNC(=O)CC(C)C(=O)CN(CCNCC(=O)O)CCN(CCNCC(=O)[O-])CC(=O)[O-])CNC(=O)CC(C)C(=O)CN(CCNCC(=O)O)CCN(CCNCC(=O)O)CC(=O)O)C(=O)CNCCN(CCN(CCNCC(=O)[O-])CC(=O)[O-])CC(=O)O. The van der Waals surface area contributed by atoms with E-state index in [-0.39, 0.29) is 177 Å². The molecule has 0 saturated heterocycles. The van der Waals surface area contributed by atoms with Crippen LogP contribution in [0.2, 0.25) is 0 Å². The first-order valence-corrected chi connectivity index (χ1v) is 41.9. The molecule has 129 heavy (non-hydrogen) atoms. The molecule has 20 N–H and O–H groups in total. The molecule has 0 saturated carbocycles. The van der Waals surface area contributed by atoms with Crippen molar-refractivity contribution in [3.63, 3.8) is 0 Å². The first-order valence-electron chi connectivity index (χ1n) is 41.9. The van der Waals surface area contributed by atoms with Gasteiger partial charge in [0.1, 0.15) is 23.1 Å². The first-order chi connectivity index (χ1) is 60.8. The lowest BCUT2D eigenvalue weighted by molar-refractivity contribution is -0.307. The van der Waals surface area contributed by atoms with Crippen LogP contribution in [-0.4, -0.2) is 486 Å². The summed E-state index contributed by atoms with van der Waals surface area (Å²) in [4.78, 5) is 262. The van der Waals surface area contributed by atoms with Gasteiger partial charge in [0.2, 0.25) is 23.6 Å². The summed E-state index contributed by atoms with van der Waals surface area (Å²) in [6, 6.07) is 0. The molecule has 736 valence electrons. The summed E-state index contributed by atoms with van der Waals surface area (Å²) >= 11 is 0. The van der Waals surface area contributed by atoms with Gasteiger partial charge in [0, 0.05) is 264 Å². The maximum absolute atomic E-state index is 14.4. The number of rotatable bonds is 88. The molecule has 0 fully saturated rings. The Balaban J connectivity index is 7.72. The van der Waals surface area contributed by atoms with Gasteiger partial charge in [-0.3, -0.25) is 116 Å². The zero-order valence-electron chi connectivity index (χ0n) is 73.7. The van der Waals surface area contributed by atoms with Gasteiger partial charge in [-0.05, 0) is 0 Å². The lowest BCUT2D eigenvalue weighted by Gasteiger charge is -2.35. The standard InChI is InChI=1S/C77H136N20O32/c1-53(57(98)33-78-5-15-92(43-71(118)119)25-27-96(47-75(126)127)19-11-84-39-69(114)115)29-61(102)86-49-77(50-87-62(103)30-54(2)58(99)34-79-6-16-93(44-72(120)121)26-28-97(48-76(128)129)20-12-85-40-70(116)117,51-88-63(104)31-55(3)59(100)41-90(13-7-80-35-65(106)107)21-23-94(45-73(122)123)17-9-82-37-67(110)111)52-89-64(105)32-56(4)60(101)42-91(14-8-81-36-66(108)109)22-24-95(46-74(124)125)18-10-83-38-68(112)113/h53-56,78-85H,5-52H2,1-4H3,(H,86,102)(H,87,103)(H,88,104)(H,89,105)(H,106,107)(H,108,109)(H,110,111)(H,112,113)(H,114,115)(H,116,117)(H,118,119)(H,120,121)(H,122,123)(H,124,125)(H,126,127)(H,128,129)/p-4. The summed E-state index contributed by atoms with van der Waals surface area (Å²) in [5.74, 6) is -25.1. The summed E-state index contributed by atoms with van der Waals surface area (Å²) in [6.45, 7) is -3.65. The monoisotopic (exact) mass is 1850 g/mol. The normalized spacial score (nSPS) is 12.9. The molecule has 0 radical (unpaired) electrons. The van der Waals surface area contributed by atoms with Gasteiger partial charge < -0.3 is 144 Å². The van der Waals surface area contributed by atoms with Gasteiger partial charge in [-0.2, -0.15) is 0 Å². The Bertz CT molecular complexity index is 3330. The fraction of sp³-hybridized carbons (Fsp3) is 0.740. The van der Waals surface area contributed by atoms with Gasteiger partial charge in [0.25, 0.3) is 0 Å². The predicted molar refractivity (Wildman–Crippen MR) is 445 cm³/mol. The van der Waals surface area contributed by atoms with Crippen LogP contribution in [-0.2, 0) is 95.9 Å². The van der Waals surface area contributed by atoms with Crippen molar-refractivity contribution in [1.82, 2.24) is 103 Å². The van der Waals surface area contributed by atoms with Crippen LogP contribution >= 0.6 is 0 Å². The molecule has 52 heteroatoms. The number of carbonyl (C=O) groups excluding carboxylic acids is 12. The number of nitrogens with zero attached hydrogens (tertiary/aromatic N) is 8. The van der Waals surface area contributed by atoms with Crippen LogP contribution in [0, 0.1) is 29.1 Å². The third-order valence-corrected chi connectivity index (χ3v) is 19.7. The summed E-state index contributed by atoms with van der Waals surface area (Å²) in [6.07, 6.45) is -2.16. The highest BCUT2D eigenvalue weighted by Gasteiger charge is 2.36. The summed E-state index contributed by atoms with van der Waals surface area (Å²) in [5.41, 5.74) is -1.76. The smallest absolute Gasteiger partial charge is 0.317 e. The predicted octanol–water partition coefficient (Wildman–Crippen LogP) is -16.4. The lowest BCUT2D eigenvalue weighted by atomic mass is 9.86. The average molecular weight is 1850 g/mol. The number of nitrogens with one attached hydrogen (secondary N) is 12. The largest absolute Gasteiger partial charge is 0.549 e. The first kappa shape index (κ1) is 119. The minimum Gasteiger partial charge on any atom is -0.549 e. The molecular weight excluding hydrogens is 1720 g/mol. The molecular formula is C77H132N20O32-4. The van der Waals surface area contributed by atoms with Gasteiger partial charge in [0.15, 0.2) is 0 Å². The van der Waals surface area contributed by atoms with E-state index < -0.39 is 284 Å². The van der Waals surface area contributed by atoms with E-state index in [1.165, 1.54) is 57.1 Å². The van der Waals surface area contributed by atoms with Crippen LogP contribution in [0.15, 0.2) is 0 Å². The Morgan fingerprint density at radius 1 is 0.225 bits per heavy atom. The van der Waals surface area contributed by atoms with Crippen molar-refractivity contribution in [3.05, 3.63) is 0 Å². The van der Waals surface area contributed by atoms with E-state index in [1.54, 1.807) is 9.80 Å². The molecule has 0 spiro atoms. The highest BCUT2D eigenvalue weighted by atomic mass is 16.4. The molecule has 0 bridgehead atoms. The van der Waals surface area contributed by atoms with Crippen molar-refractivity contribution in [3.8, 4) is 0 Å². The zero-order chi connectivity index (χ0) is 97.4. The lowest BCUT2D eigenvalue weighted by Crippen LogP contribution is -2.57. The minimum absolute atomic E-state index is 0.000839. The Labute approximate surface area is 746 Å². The van der Waals surface area contributed by atoms with Gasteiger partial charge in [0.05, 0.1) is 102 Å². The van der Waals surface area contributed by atoms with Gasteiger partial charge in [-0.15, -0.1) is 0 Å². The van der Waals surface area contributed by atoms with E-state index in [1.807, 2.05) is 0 Å². The summed E-state index contributed by atoms with van der Waals surface area (Å²) in [7, 11) is 0. The molecule has 52 nitrogen and oxygen atoms in total. The van der Waals surface area contributed by atoms with Gasteiger partial charge >= 0.3 is 47.8 Å². The van der Waals surface area contributed by atoms with E-state index in [2.05, 4.69) is 63.8 Å². The zero-order valence-corrected chi connectivity index (χ0v) is 73.7. The molecule has 0 heterocycles. The number of carboxylic acids is 12. The maximum atomic E-state index is 14.4. The van der Waals surface area contributed by atoms with E-state index in [0.717, 1.165) is 0 Å². The van der Waals surface area contributed by atoms with E-state index >= 15 is 0 Å². The molecule has 0 aromatic carbocycles. The molecule has 0 aliphatic rings. The molecule has 5 unspecified atom stereocenters. The van der Waals surface area contributed by atoms with E-state index in [4.69, 9.17) is 10.2 Å². The van der Waals surface area contributed by atoms with Crippen molar-refractivity contribution in [1.29, 1.82) is 0 Å². The van der Waals surface area contributed by atoms with Gasteiger partial charge in [-0.1, -0.05) is 27.7 Å². The van der Waals surface area contributed by atoms with E-state index in [9.17, 15) is 147 Å². The number of amides is 4. The second-order valence-corrected chi connectivity index (χ2v) is 31.2. The molecule has 0 aliphatic heterocycles. The Morgan fingerprint density at radius 3 is 0.589 bits per heavy atom. The van der Waals surface area contributed by atoms with Crippen LogP contribution in [0.3, 0.4) is 0 Å². The number of Topliss-reactive ketones (excluding diaryl/α,β-unsaturated/α-hetero) is 4. The number of ketones is 4.